The Bertz CT molecular complexity index is 1640. The molecule has 41 heavy (non-hydrogen) atoms. The molecule has 0 amide bonds. The Labute approximate surface area is 241 Å². The van der Waals surface area contributed by atoms with E-state index < -0.39 is 11.8 Å². The molecule has 2 aromatic heterocycles. The molecule has 2 aromatic carbocycles. The van der Waals surface area contributed by atoms with E-state index in [-0.39, 0.29) is 12.2 Å². The van der Waals surface area contributed by atoms with Gasteiger partial charge in [-0.3, -0.25) is 4.90 Å². The third-order valence-corrected chi connectivity index (χ3v) is 7.71. The molecule has 4 aromatic rings. The second kappa shape index (κ2) is 11.5. The molecule has 0 atom stereocenters. The van der Waals surface area contributed by atoms with Gasteiger partial charge < -0.3 is 24.0 Å². The van der Waals surface area contributed by atoms with Gasteiger partial charge in [0.15, 0.2) is 0 Å². The molecule has 2 aliphatic heterocycles. The number of hydrogen-bond acceptors (Lipinski definition) is 7. The monoisotopic (exact) mass is 577 g/mol. The summed E-state index contributed by atoms with van der Waals surface area (Å²) < 4.78 is 27.3. The molecule has 0 saturated heterocycles. The summed E-state index contributed by atoms with van der Waals surface area (Å²) in [5.41, 5.74) is 4.98. The highest BCUT2D eigenvalue weighted by molar-refractivity contribution is 6.30. The summed E-state index contributed by atoms with van der Waals surface area (Å²) in [5.74, 6) is 0.779. The Balaban J connectivity index is 1.10. The van der Waals surface area contributed by atoms with E-state index in [1.165, 1.54) is 17.2 Å². The minimum absolute atomic E-state index is 0.0654. The number of carboxylic acids is 1. The number of ether oxygens (including phenoxy) is 2. The number of pyridine rings is 1. The molecule has 9 nitrogen and oxygen atoms in total. The highest BCUT2D eigenvalue weighted by Gasteiger charge is 2.31. The number of fused-ring (bicyclic) bond motifs is 1. The van der Waals surface area contributed by atoms with Crippen LogP contribution in [0.3, 0.4) is 0 Å². The van der Waals surface area contributed by atoms with Gasteiger partial charge in [0.1, 0.15) is 24.1 Å². The summed E-state index contributed by atoms with van der Waals surface area (Å²) in [4.78, 5) is 25.6. The lowest BCUT2D eigenvalue weighted by Crippen LogP contribution is -2.30. The fraction of sp³-hybridized carbons (Fsp3) is 0.300. The maximum Gasteiger partial charge on any atom is 0.335 e. The first-order valence-electron chi connectivity index (χ1n) is 13.3. The number of methoxy groups -OCH3 is 1. The first kappa shape index (κ1) is 27.2. The molecule has 0 aliphatic carbocycles. The van der Waals surface area contributed by atoms with Gasteiger partial charge in [0.05, 0.1) is 29.7 Å². The Morgan fingerprint density at radius 2 is 1.85 bits per heavy atom. The van der Waals surface area contributed by atoms with Crippen LogP contribution in [-0.4, -0.2) is 70.4 Å². The SMILES string of the molecule is COCCn1c(CN2CC3=C(C2)CN(c2cccc(OCc4ccc(Cl)cc4F)n2)C3)nc2ccc(C(=O)O)cc21. The summed E-state index contributed by atoms with van der Waals surface area (Å²) in [6.45, 7) is 5.01. The van der Waals surface area contributed by atoms with Crippen LogP contribution in [0.1, 0.15) is 21.7 Å². The Morgan fingerprint density at radius 3 is 2.59 bits per heavy atom. The molecule has 0 spiro atoms. The van der Waals surface area contributed by atoms with E-state index in [1.54, 1.807) is 43.5 Å². The lowest BCUT2D eigenvalue weighted by Gasteiger charge is -2.24. The van der Waals surface area contributed by atoms with Crippen molar-refractivity contribution < 1.29 is 23.8 Å². The van der Waals surface area contributed by atoms with E-state index in [4.69, 9.17) is 26.1 Å². The van der Waals surface area contributed by atoms with Gasteiger partial charge >= 0.3 is 5.97 Å². The van der Waals surface area contributed by atoms with Crippen LogP contribution in [0, 0.1) is 5.82 Å². The second-order valence-corrected chi connectivity index (χ2v) is 10.7. The molecule has 6 rings (SSSR count). The van der Waals surface area contributed by atoms with Crippen LogP contribution in [0.25, 0.3) is 11.0 Å². The maximum absolute atomic E-state index is 14.1. The van der Waals surface area contributed by atoms with Gasteiger partial charge in [0.2, 0.25) is 5.88 Å². The van der Waals surface area contributed by atoms with Crippen molar-refractivity contribution >= 4 is 34.4 Å². The van der Waals surface area contributed by atoms with Crippen LogP contribution in [0.15, 0.2) is 65.7 Å². The van der Waals surface area contributed by atoms with Crippen molar-refractivity contribution in [3.8, 4) is 5.88 Å². The van der Waals surface area contributed by atoms with E-state index >= 15 is 0 Å². The molecule has 4 heterocycles. The third kappa shape index (κ3) is 5.76. The first-order valence-corrected chi connectivity index (χ1v) is 13.7. The quantitative estimate of drug-likeness (QED) is 0.269. The first-order chi connectivity index (χ1) is 19.9. The van der Waals surface area contributed by atoms with E-state index in [9.17, 15) is 14.3 Å². The summed E-state index contributed by atoms with van der Waals surface area (Å²) in [7, 11) is 1.65. The van der Waals surface area contributed by atoms with Gasteiger partial charge in [-0.05, 0) is 47.5 Å². The number of anilines is 1. The van der Waals surface area contributed by atoms with Crippen LogP contribution >= 0.6 is 11.6 Å². The highest BCUT2D eigenvalue weighted by Crippen LogP contribution is 2.31. The average molecular weight is 578 g/mol. The van der Waals surface area contributed by atoms with Crippen LogP contribution in [0.5, 0.6) is 5.88 Å². The molecule has 2 aliphatic rings. The predicted molar refractivity (Wildman–Crippen MR) is 153 cm³/mol. The molecule has 212 valence electrons. The lowest BCUT2D eigenvalue weighted by atomic mass is 10.2. The molecule has 0 saturated carbocycles. The second-order valence-electron chi connectivity index (χ2n) is 10.2. The van der Waals surface area contributed by atoms with Crippen molar-refractivity contribution in [3.05, 3.63) is 93.5 Å². The standard InChI is InChI=1S/C30H29ClFN5O4/c1-40-10-9-37-26-11-19(30(38)39)6-8-25(26)33-28(37)17-35-13-21-15-36(16-22(21)14-35)27-3-2-4-29(34-27)41-18-20-5-7-23(31)12-24(20)32/h2-8,11-12H,9-10,13-18H2,1H3,(H,38,39). The fourth-order valence-electron chi connectivity index (χ4n) is 5.44. The van der Waals surface area contributed by atoms with Crippen molar-refractivity contribution in [3.63, 3.8) is 0 Å². The summed E-state index contributed by atoms with van der Waals surface area (Å²) in [6, 6.07) is 15.2. The summed E-state index contributed by atoms with van der Waals surface area (Å²) >= 11 is 5.84. The number of carbonyl (C=O) groups is 1. The van der Waals surface area contributed by atoms with Crippen molar-refractivity contribution in [1.82, 2.24) is 19.4 Å². The molecule has 1 N–H and O–H groups in total. The van der Waals surface area contributed by atoms with Crippen LogP contribution in [-0.2, 0) is 24.4 Å². The smallest absolute Gasteiger partial charge is 0.335 e. The number of halogens is 2. The number of rotatable bonds is 10. The number of carboxylic acid groups (broad SMARTS) is 1. The molecule has 0 radical (unpaired) electrons. The zero-order chi connectivity index (χ0) is 28.5. The van der Waals surface area contributed by atoms with E-state index in [1.807, 2.05) is 12.1 Å². The zero-order valence-electron chi connectivity index (χ0n) is 22.5. The Morgan fingerprint density at radius 1 is 1.05 bits per heavy atom. The molecule has 0 fully saturated rings. The Kier molecular flexibility index (Phi) is 7.61. The number of imidazole rings is 1. The number of aromatic nitrogens is 3. The third-order valence-electron chi connectivity index (χ3n) is 7.47. The van der Waals surface area contributed by atoms with Crippen molar-refractivity contribution in [2.75, 3.05) is 44.8 Å². The topological polar surface area (TPSA) is 93.0 Å². The van der Waals surface area contributed by atoms with Gasteiger partial charge in [-0.15, -0.1) is 0 Å². The maximum atomic E-state index is 14.1. The van der Waals surface area contributed by atoms with Crippen molar-refractivity contribution in [1.29, 1.82) is 0 Å². The normalized spacial score (nSPS) is 15.2. The molecular formula is C30H29ClFN5O4. The van der Waals surface area contributed by atoms with Crippen LogP contribution < -0.4 is 9.64 Å². The number of hydrogen-bond donors (Lipinski definition) is 1. The van der Waals surface area contributed by atoms with E-state index in [2.05, 4.69) is 19.4 Å². The van der Waals surface area contributed by atoms with E-state index in [0.29, 0.717) is 36.2 Å². The minimum atomic E-state index is -0.959. The molecule has 0 bridgehead atoms. The number of nitrogens with zero attached hydrogens (tertiary/aromatic N) is 5. The lowest BCUT2D eigenvalue weighted by molar-refractivity contribution is 0.0697. The van der Waals surface area contributed by atoms with Crippen molar-refractivity contribution in [2.45, 2.75) is 19.7 Å². The predicted octanol–water partition coefficient (Wildman–Crippen LogP) is 4.78. The fourth-order valence-corrected chi connectivity index (χ4v) is 5.60. The Hall–Kier alpha value is -3.99. The van der Waals surface area contributed by atoms with Gasteiger partial charge in [0, 0.05) is 56.5 Å². The zero-order valence-corrected chi connectivity index (χ0v) is 23.3. The largest absolute Gasteiger partial charge is 0.478 e. The van der Waals surface area contributed by atoms with Gasteiger partial charge in [-0.1, -0.05) is 23.7 Å². The average Bonchev–Trinajstić information content (AvgIpc) is 3.62. The van der Waals surface area contributed by atoms with Gasteiger partial charge in [0.25, 0.3) is 0 Å². The number of benzene rings is 2. The van der Waals surface area contributed by atoms with Gasteiger partial charge in [-0.2, -0.15) is 4.98 Å². The molecule has 11 heteroatoms. The highest BCUT2D eigenvalue weighted by atomic mass is 35.5. The van der Waals surface area contributed by atoms with Crippen LogP contribution in [0.4, 0.5) is 10.2 Å². The molecular weight excluding hydrogens is 549 g/mol. The minimum Gasteiger partial charge on any atom is -0.478 e. The van der Waals surface area contributed by atoms with Crippen molar-refractivity contribution in [2.24, 2.45) is 0 Å². The van der Waals surface area contributed by atoms with E-state index in [0.717, 1.165) is 48.9 Å². The molecule has 0 unspecified atom stereocenters. The summed E-state index contributed by atoms with van der Waals surface area (Å²) in [6.07, 6.45) is 0. The van der Waals surface area contributed by atoms with Gasteiger partial charge in [-0.25, -0.2) is 14.2 Å². The number of aromatic carboxylic acids is 1. The summed E-state index contributed by atoms with van der Waals surface area (Å²) in [5, 5.41) is 9.80. The van der Waals surface area contributed by atoms with Crippen LogP contribution in [0.2, 0.25) is 5.02 Å².